The fourth-order valence-electron chi connectivity index (χ4n) is 4.13. The highest BCUT2D eigenvalue weighted by atomic mass is 16.3. The van der Waals surface area contributed by atoms with E-state index in [1.54, 1.807) is 17.0 Å². The number of likely N-dealkylation sites (tertiary alicyclic amines) is 1. The van der Waals surface area contributed by atoms with Gasteiger partial charge in [0.15, 0.2) is 0 Å². The van der Waals surface area contributed by atoms with Gasteiger partial charge < -0.3 is 14.9 Å². The maximum Gasteiger partial charge on any atom is 0.295 e. The van der Waals surface area contributed by atoms with Crippen LogP contribution in [0.15, 0.2) is 54.1 Å². The molecule has 5 nitrogen and oxygen atoms in total. The van der Waals surface area contributed by atoms with E-state index in [-0.39, 0.29) is 17.3 Å². The van der Waals surface area contributed by atoms with Crippen LogP contribution in [-0.4, -0.2) is 41.3 Å². The molecule has 0 radical (unpaired) electrons. The Morgan fingerprint density at radius 2 is 1.58 bits per heavy atom. The third-order valence-electron chi connectivity index (χ3n) is 5.76. The van der Waals surface area contributed by atoms with E-state index >= 15 is 0 Å². The molecule has 0 aromatic heterocycles. The van der Waals surface area contributed by atoms with E-state index in [4.69, 9.17) is 0 Å². The number of hydrogen-bond acceptors (Lipinski definition) is 4. The minimum Gasteiger partial charge on any atom is -0.507 e. The second kappa shape index (κ2) is 9.38. The van der Waals surface area contributed by atoms with E-state index < -0.39 is 17.7 Å². The van der Waals surface area contributed by atoms with Crippen molar-refractivity contribution in [2.75, 3.05) is 24.5 Å². The van der Waals surface area contributed by atoms with Crippen LogP contribution in [-0.2, 0) is 9.59 Å². The van der Waals surface area contributed by atoms with Gasteiger partial charge in [0.2, 0.25) is 0 Å². The Morgan fingerprint density at radius 3 is 2.10 bits per heavy atom. The molecule has 0 saturated carbocycles. The summed E-state index contributed by atoms with van der Waals surface area (Å²) in [5.41, 5.74) is 3.67. The molecule has 1 saturated heterocycles. The van der Waals surface area contributed by atoms with Crippen LogP contribution in [0.3, 0.4) is 0 Å². The first-order valence-electron chi connectivity index (χ1n) is 11.0. The van der Waals surface area contributed by atoms with Crippen molar-refractivity contribution in [1.29, 1.82) is 0 Å². The van der Waals surface area contributed by atoms with Crippen molar-refractivity contribution in [1.82, 2.24) is 4.90 Å². The molecule has 1 atom stereocenters. The molecule has 5 heteroatoms. The van der Waals surface area contributed by atoms with Gasteiger partial charge in [-0.05, 0) is 44.4 Å². The number of hydrogen-bond donors (Lipinski definition) is 1. The van der Waals surface area contributed by atoms with Crippen LogP contribution in [0, 0.1) is 12.8 Å². The molecular formula is C26H32N2O3. The largest absolute Gasteiger partial charge is 0.507 e. The number of aliphatic hydroxyl groups excluding tert-OH is 1. The van der Waals surface area contributed by atoms with E-state index in [9.17, 15) is 14.7 Å². The predicted octanol–water partition coefficient (Wildman–Crippen LogP) is 4.92. The van der Waals surface area contributed by atoms with Crippen molar-refractivity contribution in [3.63, 3.8) is 0 Å². The number of ketones is 1. The summed E-state index contributed by atoms with van der Waals surface area (Å²) < 4.78 is 0. The van der Waals surface area contributed by atoms with Gasteiger partial charge >= 0.3 is 0 Å². The monoisotopic (exact) mass is 420 g/mol. The summed E-state index contributed by atoms with van der Waals surface area (Å²) in [5.74, 6) is -1.12. The Bertz CT molecular complexity index is 971. The van der Waals surface area contributed by atoms with Crippen molar-refractivity contribution in [3.8, 4) is 0 Å². The summed E-state index contributed by atoms with van der Waals surface area (Å²) in [7, 11) is 0. The van der Waals surface area contributed by atoms with Crippen LogP contribution >= 0.6 is 0 Å². The number of anilines is 1. The molecule has 1 heterocycles. The number of rotatable bonds is 7. The van der Waals surface area contributed by atoms with Gasteiger partial charge in [-0.3, -0.25) is 9.59 Å². The number of Topliss-reactive ketones (excluding diaryl/α,β-unsaturated/α-hetero) is 1. The summed E-state index contributed by atoms with van der Waals surface area (Å²) in [5, 5.41) is 11.1. The van der Waals surface area contributed by atoms with Gasteiger partial charge in [0.05, 0.1) is 11.6 Å². The van der Waals surface area contributed by atoms with Gasteiger partial charge in [-0.15, -0.1) is 0 Å². The van der Waals surface area contributed by atoms with Crippen LogP contribution in [0.5, 0.6) is 0 Å². The molecule has 0 aliphatic carbocycles. The summed E-state index contributed by atoms with van der Waals surface area (Å²) in [6, 6.07) is 14.7. The van der Waals surface area contributed by atoms with E-state index in [1.165, 1.54) is 0 Å². The van der Waals surface area contributed by atoms with Crippen LogP contribution in [0.2, 0.25) is 0 Å². The quantitative estimate of drug-likeness (QED) is 0.392. The minimum atomic E-state index is -0.628. The van der Waals surface area contributed by atoms with Gasteiger partial charge in [0, 0.05) is 30.9 Å². The number of aryl methyl sites for hydroxylation is 1. The fourth-order valence-corrected chi connectivity index (χ4v) is 4.13. The van der Waals surface area contributed by atoms with E-state index in [0.29, 0.717) is 12.1 Å². The van der Waals surface area contributed by atoms with Gasteiger partial charge in [-0.1, -0.05) is 55.8 Å². The van der Waals surface area contributed by atoms with Crippen molar-refractivity contribution in [2.24, 2.45) is 5.92 Å². The lowest BCUT2D eigenvalue weighted by Gasteiger charge is -2.28. The lowest BCUT2D eigenvalue weighted by Crippen LogP contribution is -2.33. The minimum absolute atomic E-state index is 0.123. The third-order valence-corrected chi connectivity index (χ3v) is 5.76. The Kier molecular flexibility index (Phi) is 6.84. The van der Waals surface area contributed by atoms with E-state index in [0.717, 1.165) is 29.9 Å². The molecule has 1 aliphatic rings. The lowest BCUT2D eigenvalue weighted by molar-refractivity contribution is -0.140. The van der Waals surface area contributed by atoms with Crippen molar-refractivity contribution in [2.45, 2.75) is 40.7 Å². The number of benzene rings is 2. The Hall–Kier alpha value is -3.08. The molecule has 0 unspecified atom stereocenters. The summed E-state index contributed by atoms with van der Waals surface area (Å²) in [4.78, 5) is 29.8. The fraction of sp³-hybridized carbons (Fsp3) is 0.385. The summed E-state index contributed by atoms with van der Waals surface area (Å²) in [6.45, 7) is 12.4. The number of nitrogens with zero attached hydrogens (tertiary/aromatic N) is 2. The first-order chi connectivity index (χ1) is 14.8. The second-order valence-electron chi connectivity index (χ2n) is 8.48. The van der Waals surface area contributed by atoms with Gasteiger partial charge in [0.25, 0.3) is 11.7 Å². The lowest BCUT2D eigenvalue weighted by atomic mass is 9.94. The number of amides is 1. The zero-order valence-corrected chi connectivity index (χ0v) is 19.1. The van der Waals surface area contributed by atoms with Gasteiger partial charge in [-0.2, -0.15) is 0 Å². The van der Waals surface area contributed by atoms with Crippen molar-refractivity contribution < 1.29 is 14.7 Å². The van der Waals surface area contributed by atoms with Crippen LogP contribution in [0.25, 0.3) is 5.76 Å². The molecule has 2 aromatic carbocycles. The first kappa shape index (κ1) is 22.6. The van der Waals surface area contributed by atoms with Crippen molar-refractivity contribution >= 4 is 23.1 Å². The molecule has 2 aromatic rings. The van der Waals surface area contributed by atoms with Crippen LogP contribution < -0.4 is 4.90 Å². The first-order valence-corrected chi connectivity index (χ1v) is 11.0. The highest BCUT2D eigenvalue weighted by Gasteiger charge is 2.46. The Labute approximate surface area is 185 Å². The standard InChI is InChI=1S/C26H32N2O3/c1-6-27(7-2)21-14-12-19(13-15-21)23-22(24(29)20-10-8-18(5)9-11-20)25(30)26(31)28(23)16-17(3)4/h8-15,17,23,29H,6-7,16H2,1-5H3/t23-/m1/s1. The van der Waals surface area contributed by atoms with Crippen LogP contribution in [0.4, 0.5) is 5.69 Å². The number of carbonyl (C=O) groups is 2. The molecule has 164 valence electrons. The SMILES string of the molecule is CCN(CC)c1ccc([C@@H]2C(=C(O)c3ccc(C)cc3)C(=O)C(=O)N2CC(C)C)cc1. The number of carbonyl (C=O) groups excluding carboxylic acids is 2. The second-order valence-corrected chi connectivity index (χ2v) is 8.48. The average molecular weight is 421 g/mol. The molecule has 31 heavy (non-hydrogen) atoms. The molecule has 0 bridgehead atoms. The van der Waals surface area contributed by atoms with E-state index in [1.807, 2.05) is 57.2 Å². The predicted molar refractivity (Wildman–Crippen MR) is 125 cm³/mol. The van der Waals surface area contributed by atoms with Gasteiger partial charge in [-0.25, -0.2) is 0 Å². The normalized spacial score (nSPS) is 18.1. The molecule has 1 fully saturated rings. The molecule has 3 rings (SSSR count). The maximum atomic E-state index is 13.0. The molecule has 1 amide bonds. The molecular weight excluding hydrogens is 388 g/mol. The highest BCUT2D eigenvalue weighted by molar-refractivity contribution is 6.46. The highest BCUT2D eigenvalue weighted by Crippen LogP contribution is 2.40. The van der Waals surface area contributed by atoms with Crippen molar-refractivity contribution in [3.05, 3.63) is 70.8 Å². The third kappa shape index (κ3) is 4.50. The zero-order chi connectivity index (χ0) is 22.7. The smallest absolute Gasteiger partial charge is 0.295 e. The zero-order valence-electron chi connectivity index (χ0n) is 19.1. The molecule has 1 aliphatic heterocycles. The molecule has 0 spiro atoms. The van der Waals surface area contributed by atoms with Gasteiger partial charge in [0.1, 0.15) is 5.76 Å². The summed E-state index contributed by atoms with van der Waals surface area (Å²) >= 11 is 0. The Morgan fingerprint density at radius 1 is 1.00 bits per heavy atom. The molecule has 1 N–H and O–H groups in total. The number of aliphatic hydroxyl groups is 1. The van der Waals surface area contributed by atoms with Crippen LogP contribution in [0.1, 0.15) is 50.4 Å². The van der Waals surface area contributed by atoms with E-state index in [2.05, 4.69) is 18.7 Å². The summed E-state index contributed by atoms with van der Waals surface area (Å²) in [6.07, 6.45) is 0. The Balaban J connectivity index is 2.12. The maximum absolute atomic E-state index is 13.0. The topological polar surface area (TPSA) is 60.9 Å². The average Bonchev–Trinajstić information content (AvgIpc) is 2.99.